The van der Waals surface area contributed by atoms with Gasteiger partial charge in [-0.3, -0.25) is 0 Å². The minimum Gasteiger partial charge on any atom is -0.371 e. The normalized spacial score (nSPS) is 16.1. The van der Waals surface area contributed by atoms with Crippen LogP contribution in [0.3, 0.4) is 0 Å². The maximum absolute atomic E-state index is 4.65. The smallest absolute Gasteiger partial charge is 0.107 e. The highest BCUT2D eigenvalue weighted by Crippen LogP contribution is 2.24. The molecule has 3 rings (SSSR count). The van der Waals surface area contributed by atoms with Gasteiger partial charge < -0.3 is 9.88 Å². The lowest BCUT2D eigenvalue weighted by Gasteiger charge is -2.17. The van der Waals surface area contributed by atoms with Crippen LogP contribution in [0, 0.1) is 5.92 Å². The van der Waals surface area contributed by atoms with E-state index < -0.39 is 0 Å². The molecule has 0 amide bonds. The van der Waals surface area contributed by atoms with Gasteiger partial charge in [0, 0.05) is 25.2 Å². The number of hydrogen-bond donors (Lipinski definition) is 1. The van der Waals surface area contributed by atoms with E-state index in [0.29, 0.717) is 5.92 Å². The first-order valence-electron chi connectivity index (χ1n) is 6.96. The largest absolute Gasteiger partial charge is 0.371 e. The highest BCUT2D eigenvalue weighted by atomic mass is 15.1. The van der Waals surface area contributed by atoms with Crippen molar-refractivity contribution < 1.29 is 0 Å². The average Bonchev–Trinajstić information content (AvgIpc) is 2.94. The van der Waals surface area contributed by atoms with Gasteiger partial charge in [0.25, 0.3) is 0 Å². The molecule has 0 atom stereocenters. The van der Waals surface area contributed by atoms with Gasteiger partial charge in [0.15, 0.2) is 0 Å². The molecule has 1 aliphatic rings. The Kier molecular flexibility index (Phi) is 2.98. The van der Waals surface area contributed by atoms with Crippen molar-refractivity contribution in [3.05, 3.63) is 24.0 Å². The number of anilines is 1. The van der Waals surface area contributed by atoms with Gasteiger partial charge in [-0.05, 0) is 37.0 Å². The molecule has 0 saturated carbocycles. The Balaban J connectivity index is 1.91. The second-order valence-electron chi connectivity index (χ2n) is 5.68. The second-order valence-corrected chi connectivity index (χ2v) is 5.68. The first kappa shape index (κ1) is 11.6. The topological polar surface area (TPSA) is 31.9 Å². The number of aromatic amines is 1. The van der Waals surface area contributed by atoms with E-state index in [9.17, 15) is 0 Å². The van der Waals surface area contributed by atoms with Gasteiger partial charge in [-0.2, -0.15) is 0 Å². The lowest BCUT2D eigenvalue weighted by atomic mass is 10.1. The van der Waals surface area contributed by atoms with Crippen LogP contribution in [-0.4, -0.2) is 23.1 Å². The predicted octanol–water partition coefficient (Wildman–Crippen LogP) is 3.36. The standard InChI is InChI=1S/C15H21N3/c1-11(2)9-15-16-13-6-5-12(10-14(13)17-15)18-7-3-4-8-18/h5-6,10-11H,3-4,7-9H2,1-2H3,(H,16,17). The molecule has 3 heteroatoms. The Morgan fingerprint density at radius 1 is 1.28 bits per heavy atom. The van der Waals surface area contributed by atoms with Crippen molar-refractivity contribution in [1.82, 2.24) is 9.97 Å². The lowest BCUT2D eigenvalue weighted by molar-refractivity contribution is 0.627. The molecule has 0 bridgehead atoms. The fourth-order valence-electron chi connectivity index (χ4n) is 2.71. The number of aromatic nitrogens is 2. The zero-order valence-electron chi connectivity index (χ0n) is 11.2. The van der Waals surface area contributed by atoms with Gasteiger partial charge in [0.2, 0.25) is 0 Å². The third kappa shape index (κ3) is 2.22. The molecule has 0 radical (unpaired) electrons. The molecule has 1 aromatic carbocycles. The molecule has 96 valence electrons. The lowest BCUT2D eigenvalue weighted by Crippen LogP contribution is -2.17. The quantitative estimate of drug-likeness (QED) is 0.896. The van der Waals surface area contributed by atoms with Crippen LogP contribution in [0.4, 0.5) is 5.69 Å². The maximum atomic E-state index is 4.65. The van der Waals surface area contributed by atoms with Gasteiger partial charge in [0.05, 0.1) is 11.0 Å². The van der Waals surface area contributed by atoms with E-state index in [1.54, 1.807) is 0 Å². The summed E-state index contributed by atoms with van der Waals surface area (Å²) < 4.78 is 0. The van der Waals surface area contributed by atoms with Crippen LogP contribution >= 0.6 is 0 Å². The van der Waals surface area contributed by atoms with Crippen LogP contribution in [0.2, 0.25) is 0 Å². The van der Waals surface area contributed by atoms with Crippen molar-refractivity contribution >= 4 is 16.7 Å². The van der Waals surface area contributed by atoms with E-state index in [0.717, 1.165) is 17.8 Å². The number of rotatable bonds is 3. The van der Waals surface area contributed by atoms with Crippen molar-refractivity contribution in [1.29, 1.82) is 0 Å². The Morgan fingerprint density at radius 2 is 2.06 bits per heavy atom. The Labute approximate surface area is 108 Å². The summed E-state index contributed by atoms with van der Waals surface area (Å²) in [7, 11) is 0. The maximum Gasteiger partial charge on any atom is 0.107 e. The molecule has 2 heterocycles. The SMILES string of the molecule is CC(C)Cc1nc2ccc(N3CCCC3)cc2[nH]1. The Hall–Kier alpha value is -1.51. The molecule has 1 N–H and O–H groups in total. The van der Waals surface area contributed by atoms with E-state index in [1.807, 2.05) is 0 Å². The number of imidazole rings is 1. The van der Waals surface area contributed by atoms with Crippen LogP contribution < -0.4 is 4.90 Å². The zero-order valence-corrected chi connectivity index (χ0v) is 11.2. The number of H-pyrrole nitrogens is 1. The Bertz CT molecular complexity index is 536. The number of fused-ring (bicyclic) bond motifs is 1. The number of benzene rings is 1. The summed E-state index contributed by atoms with van der Waals surface area (Å²) in [6.45, 7) is 6.84. The summed E-state index contributed by atoms with van der Waals surface area (Å²) in [5.41, 5.74) is 3.60. The van der Waals surface area contributed by atoms with Crippen LogP contribution in [0.1, 0.15) is 32.5 Å². The molecule has 0 aliphatic carbocycles. The monoisotopic (exact) mass is 243 g/mol. The highest BCUT2D eigenvalue weighted by molar-refractivity contribution is 5.79. The van der Waals surface area contributed by atoms with Gasteiger partial charge in [-0.1, -0.05) is 13.8 Å². The second kappa shape index (κ2) is 4.63. The zero-order chi connectivity index (χ0) is 12.5. The number of nitrogens with zero attached hydrogens (tertiary/aromatic N) is 2. The Morgan fingerprint density at radius 3 is 2.78 bits per heavy atom. The molecule has 1 aliphatic heterocycles. The summed E-state index contributed by atoms with van der Waals surface area (Å²) in [5, 5.41) is 0. The van der Waals surface area contributed by atoms with E-state index >= 15 is 0 Å². The average molecular weight is 243 g/mol. The van der Waals surface area contributed by atoms with Gasteiger partial charge in [0.1, 0.15) is 5.82 Å². The first-order valence-corrected chi connectivity index (χ1v) is 6.96. The van der Waals surface area contributed by atoms with Gasteiger partial charge in [-0.25, -0.2) is 4.98 Å². The minimum atomic E-state index is 0.642. The third-order valence-corrected chi connectivity index (χ3v) is 3.59. The highest BCUT2D eigenvalue weighted by Gasteiger charge is 2.13. The third-order valence-electron chi connectivity index (χ3n) is 3.59. The van der Waals surface area contributed by atoms with Gasteiger partial charge in [-0.15, -0.1) is 0 Å². The van der Waals surface area contributed by atoms with Crippen LogP contribution in [0.25, 0.3) is 11.0 Å². The molecule has 18 heavy (non-hydrogen) atoms. The number of nitrogens with one attached hydrogen (secondary N) is 1. The van der Waals surface area contributed by atoms with E-state index in [-0.39, 0.29) is 0 Å². The van der Waals surface area contributed by atoms with Crippen LogP contribution in [-0.2, 0) is 6.42 Å². The fraction of sp³-hybridized carbons (Fsp3) is 0.533. The summed E-state index contributed by atoms with van der Waals surface area (Å²) in [5.74, 6) is 1.75. The van der Waals surface area contributed by atoms with Crippen molar-refractivity contribution in [2.24, 2.45) is 5.92 Å². The van der Waals surface area contributed by atoms with Crippen LogP contribution in [0.5, 0.6) is 0 Å². The summed E-state index contributed by atoms with van der Waals surface area (Å²) >= 11 is 0. The molecule has 3 nitrogen and oxygen atoms in total. The fourth-order valence-corrected chi connectivity index (χ4v) is 2.71. The van der Waals surface area contributed by atoms with E-state index in [4.69, 9.17) is 0 Å². The summed E-state index contributed by atoms with van der Waals surface area (Å²) in [6.07, 6.45) is 3.66. The predicted molar refractivity (Wildman–Crippen MR) is 76.1 cm³/mol. The van der Waals surface area contributed by atoms with Crippen molar-refractivity contribution in [3.8, 4) is 0 Å². The van der Waals surface area contributed by atoms with Crippen molar-refractivity contribution in [2.75, 3.05) is 18.0 Å². The van der Waals surface area contributed by atoms with Crippen molar-refractivity contribution in [2.45, 2.75) is 33.1 Å². The molecule has 2 aromatic rings. The summed E-state index contributed by atoms with van der Waals surface area (Å²) in [4.78, 5) is 10.6. The first-order chi connectivity index (χ1) is 8.72. The molecule has 0 unspecified atom stereocenters. The molecular formula is C15H21N3. The molecule has 1 saturated heterocycles. The molecule has 0 spiro atoms. The number of hydrogen-bond acceptors (Lipinski definition) is 2. The summed E-state index contributed by atoms with van der Waals surface area (Å²) in [6, 6.07) is 6.59. The molecule has 1 fully saturated rings. The van der Waals surface area contributed by atoms with Crippen LogP contribution in [0.15, 0.2) is 18.2 Å². The molecule has 1 aromatic heterocycles. The van der Waals surface area contributed by atoms with E-state index in [2.05, 4.69) is 46.9 Å². The minimum absolute atomic E-state index is 0.642. The van der Waals surface area contributed by atoms with Crippen molar-refractivity contribution in [3.63, 3.8) is 0 Å². The molecular weight excluding hydrogens is 222 g/mol. The van der Waals surface area contributed by atoms with E-state index in [1.165, 1.54) is 37.1 Å². The van der Waals surface area contributed by atoms with Gasteiger partial charge >= 0.3 is 0 Å².